The van der Waals surface area contributed by atoms with E-state index in [1.54, 1.807) is 42.2 Å². The van der Waals surface area contributed by atoms with E-state index in [1.807, 2.05) is 11.9 Å². The summed E-state index contributed by atoms with van der Waals surface area (Å²) in [4.78, 5) is 57.5. The molecule has 1 saturated heterocycles. The number of aromatic carboxylic acids is 1. The number of hydrogen-bond donors (Lipinski definition) is 3. The zero-order chi connectivity index (χ0) is 24.2. The lowest BCUT2D eigenvalue weighted by Gasteiger charge is -2.25. The molecular weight excluding hydrogens is 438 g/mol. The van der Waals surface area contributed by atoms with Crippen LogP contribution in [0.3, 0.4) is 0 Å². The minimum absolute atomic E-state index is 0.0121. The van der Waals surface area contributed by atoms with Gasteiger partial charge in [0, 0.05) is 29.4 Å². The van der Waals surface area contributed by atoms with Crippen LogP contribution < -0.4 is 21.3 Å². The van der Waals surface area contributed by atoms with Crippen molar-refractivity contribution in [3.05, 3.63) is 75.7 Å². The molecule has 9 heteroatoms. The Bertz CT molecular complexity index is 1600. The second-order valence-corrected chi connectivity index (χ2v) is 7.67. The largest absolute Gasteiger partial charge is 0.478 e. The quantitative estimate of drug-likeness (QED) is 0.468. The molecule has 4 rings (SSSR count). The number of carboxylic acids is 1. The minimum atomic E-state index is -1.04. The van der Waals surface area contributed by atoms with Crippen LogP contribution in [0.5, 0.6) is 0 Å². The standard InChI is InChI=1S/C25H17N3O6/c29-11-18-5-7-22(21(12-30)27-18)28-23(13-31)19-6-4-15(8-20(19)24(28)14-32)10-26-17-3-1-2-16(9-17)25(33)34/h1-4,6,8-9,22,26-27H,5,7,10H2,(H,33,34). The van der Waals surface area contributed by atoms with E-state index >= 15 is 0 Å². The van der Waals surface area contributed by atoms with Gasteiger partial charge in [-0.25, -0.2) is 24.0 Å². The molecule has 1 aliphatic rings. The predicted molar refractivity (Wildman–Crippen MR) is 121 cm³/mol. The Labute approximate surface area is 192 Å². The molecular formula is C25H17N3O6. The topological polar surface area (TPSA) is 135 Å². The normalized spacial score (nSPS) is 15.0. The van der Waals surface area contributed by atoms with Gasteiger partial charge in [0.1, 0.15) is 34.0 Å². The number of hydrogen-bond acceptors (Lipinski definition) is 7. The average Bonchev–Trinajstić information content (AvgIpc) is 3.19. The summed E-state index contributed by atoms with van der Waals surface area (Å²) in [5.74, 6) is 6.17. The lowest BCUT2D eigenvalue weighted by atomic mass is 10.0. The number of allylic oxidation sites excluding steroid dienone is 2. The van der Waals surface area contributed by atoms with Crippen LogP contribution in [-0.2, 0) is 25.7 Å². The lowest BCUT2D eigenvalue weighted by Crippen LogP contribution is -2.39. The Morgan fingerprint density at radius 3 is 2.44 bits per heavy atom. The third-order valence-corrected chi connectivity index (χ3v) is 5.71. The maximum Gasteiger partial charge on any atom is 0.335 e. The Morgan fingerprint density at radius 2 is 1.76 bits per heavy atom. The second kappa shape index (κ2) is 9.31. The molecule has 1 fully saturated rings. The monoisotopic (exact) mass is 455 g/mol. The van der Waals surface area contributed by atoms with E-state index in [9.17, 15) is 24.0 Å². The van der Waals surface area contributed by atoms with Crippen LogP contribution in [0, 0.1) is 0 Å². The highest BCUT2D eigenvalue weighted by Crippen LogP contribution is 2.26. The van der Waals surface area contributed by atoms with Crippen LogP contribution in [0.4, 0.5) is 5.69 Å². The van der Waals surface area contributed by atoms with Crippen molar-refractivity contribution in [2.75, 3.05) is 5.32 Å². The smallest absolute Gasteiger partial charge is 0.335 e. The maximum atomic E-state index is 12.0. The van der Waals surface area contributed by atoms with Gasteiger partial charge >= 0.3 is 5.97 Å². The van der Waals surface area contributed by atoms with Crippen molar-refractivity contribution in [1.82, 2.24) is 9.88 Å². The number of fused-ring (bicyclic) bond motifs is 1. The highest BCUT2D eigenvalue weighted by Gasteiger charge is 2.27. The summed E-state index contributed by atoms with van der Waals surface area (Å²) in [5.41, 5.74) is 1.72. The number of rotatable bonds is 5. The lowest BCUT2D eigenvalue weighted by molar-refractivity contribution is 0.0697. The molecule has 2 aromatic carbocycles. The zero-order valence-corrected chi connectivity index (χ0v) is 17.7. The van der Waals surface area contributed by atoms with E-state index < -0.39 is 12.0 Å². The molecule has 0 spiro atoms. The molecule has 34 heavy (non-hydrogen) atoms. The highest BCUT2D eigenvalue weighted by atomic mass is 16.4. The van der Waals surface area contributed by atoms with Gasteiger partial charge in [0.15, 0.2) is 11.9 Å². The molecule has 0 bridgehead atoms. The van der Waals surface area contributed by atoms with Gasteiger partial charge in [-0.2, -0.15) is 0 Å². The average molecular weight is 455 g/mol. The van der Waals surface area contributed by atoms with E-state index in [2.05, 4.69) is 10.6 Å². The molecule has 9 nitrogen and oxygen atoms in total. The van der Waals surface area contributed by atoms with Gasteiger partial charge in [0.25, 0.3) is 0 Å². The number of carboxylic acid groups (broad SMARTS) is 1. The third kappa shape index (κ3) is 3.98. The molecule has 168 valence electrons. The molecule has 1 unspecified atom stereocenters. The van der Waals surface area contributed by atoms with Crippen LogP contribution in [0.2, 0.25) is 0 Å². The first-order valence-corrected chi connectivity index (χ1v) is 10.3. The number of nitrogens with one attached hydrogen (secondary N) is 2. The van der Waals surface area contributed by atoms with Crippen molar-refractivity contribution in [3.8, 4) is 0 Å². The Balaban J connectivity index is 1.76. The zero-order valence-electron chi connectivity index (χ0n) is 17.7. The van der Waals surface area contributed by atoms with Crippen LogP contribution in [0.25, 0.3) is 10.8 Å². The van der Waals surface area contributed by atoms with Gasteiger partial charge in [-0.1, -0.05) is 18.2 Å². The first-order valence-electron chi connectivity index (χ1n) is 10.3. The van der Waals surface area contributed by atoms with Gasteiger partial charge in [-0.15, -0.1) is 0 Å². The molecule has 1 aliphatic heterocycles. The van der Waals surface area contributed by atoms with E-state index in [1.165, 1.54) is 16.7 Å². The second-order valence-electron chi connectivity index (χ2n) is 7.67. The van der Waals surface area contributed by atoms with Crippen LogP contribution >= 0.6 is 0 Å². The fraction of sp³-hybridized carbons (Fsp3) is 0.160. The number of carbonyl (C=O) groups excluding carboxylic acids is 4. The molecule has 0 amide bonds. The van der Waals surface area contributed by atoms with Gasteiger partial charge < -0.3 is 20.3 Å². The Kier molecular flexibility index (Phi) is 6.11. The highest BCUT2D eigenvalue weighted by molar-refractivity contribution is 5.90. The maximum absolute atomic E-state index is 12.0. The van der Waals surface area contributed by atoms with Crippen LogP contribution in [0.1, 0.15) is 34.8 Å². The summed E-state index contributed by atoms with van der Waals surface area (Å²) >= 11 is 0. The van der Waals surface area contributed by atoms with Crippen LogP contribution in [-0.4, -0.2) is 39.4 Å². The first kappa shape index (κ1) is 22.3. The number of anilines is 1. The predicted octanol–water partition coefficient (Wildman–Crippen LogP) is 0.314. The molecule has 3 N–H and O–H groups in total. The summed E-state index contributed by atoms with van der Waals surface area (Å²) in [6.45, 7) is 0.320. The molecule has 0 radical (unpaired) electrons. The molecule has 0 aliphatic carbocycles. The van der Waals surface area contributed by atoms with Gasteiger partial charge in [-0.3, -0.25) is 0 Å². The van der Waals surface area contributed by atoms with E-state index in [0.29, 0.717) is 23.0 Å². The van der Waals surface area contributed by atoms with E-state index in [0.717, 1.165) is 5.56 Å². The molecule has 1 aromatic heterocycles. The SMILES string of the molecule is O=C=C1CCC(n2c(=C=O)c3ccc(CNc4cccc(C(=O)O)c4)cc3c2=C=O)C(=C=O)N1. The van der Waals surface area contributed by atoms with Crippen molar-refractivity contribution in [1.29, 1.82) is 0 Å². The summed E-state index contributed by atoms with van der Waals surface area (Å²) in [7, 11) is 0. The van der Waals surface area contributed by atoms with Gasteiger partial charge in [0.2, 0.25) is 0 Å². The number of carbonyl (C=O) groups is 1. The van der Waals surface area contributed by atoms with Crippen molar-refractivity contribution in [2.45, 2.75) is 25.4 Å². The van der Waals surface area contributed by atoms with E-state index in [4.69, 9.17) is 5.11 Å². The number of aromatic nitrogens is 1. The number of benzene rings is 2. The number of piperidine rings is 1. The van der Waals surface area contributed by atoms with Crippen LogP contribution in [0.15, 0.2) is 53.9 Å². The molecule has 0 saturated carbocycles. The first-order chi connectivity index (χ1) is 16.5. The van der Waals surface area contributed by atoms with E-state index in [-0.39, 0.29) is 40.5 Å². The summed E-state index contributed by atoms with van der Waals surface area (Å²) in [6.07, 6.45) is 0.551. The number of nitrogens with zero attached hydrogens (tertiary/aromatic N) is 1. The van der Waals surface area contributed by atoms with Crippen molar-refractivity contribution in [2.24, 2.45) is 0 Å². The summed E-state index contributed by atoms with van der Waals surface area (Å²) in [6, 6.07) is 10.8. The van der Waals surface area contributed by atoms with Gasteiger partial charge in [-0.05, 0) is 36.2 Å². The summed E-state index contributed by atoms with van der Waals surface area (Å²) in [5, 5.41) is 16.0. The van der Waals surface area contributed by atoms with Crippen molar-refractivity contribution in [3.63, 3.8) is 0 Å². The van der Waals surface area contributed by atoms with Crippen molar-refractivity contribution >= 4 is 46.2 Å². The fourth-order valence-corrected chi connectivity index (χ4v) is 4.12. The molecule has 3 aromatic rings. The van der Waals surface area contributed by atoms with Gasteiger partial charge in [0.05, 0.1) is 11.6 Å². The Morgan fingerprint density at radius 1 is 1.00 bits per heavy atom. The molecule has 2 heterocycles. The molecule has 1 atom stereocenters. The van der Waals surface area contributed by atoms with Crippen molar-refractivity contribution < 1.29 is 29.1 Å². The fourth-order valence-electron chi connectivity index (χ4n) is 4.12. The minimum Gasteiger partial charge on any atom is -0.478 e. The third-order valence-electron chi connectivity index (χ3n) is 5.71. The summed E-state index contributed by atoms with van der Waals surface area (Å²) < 4.78 is 1.40. The Hall–Kier alpha value is -4.89.